The number of carbonyl (C=O) groups is 2. The molecule has 0 saturated heterocycles. The van der Waals surface area contributed by atoms with E-state index in [1.165, 1.54) is 32.1 Å². The van der Waals surface area contributed by atoms with Crippen LogP contribution in [0.4, 0.5) is 0 Å². The molecule has 1 unspecified atom stereocenters. The molecule has 0 aromatic heterocycles. The lowest BCUT2D eigenvalue weighted by atomic mass is 9.71. The first-order valence-corrected chi connectivity index (χ1v) is 13.2. The molecule has 3 atom stereocenters. The van der Waals surface area contributed by atoms with E-state index >= 15 is 0 Å². The van der Waals surface area contributed by atoms with E-state index in [0.717, 1.165) is 44.9 Å². The number of hydrogen-bond acceptors (Lipinski definition) is 5. The number of aliphatic imine (C=N–C) groups is 1. The maximum Gasteiger partial charge on any atom is 0.257 e. The zero-order valence-corrected chi connectivity index (χ0v) is 20.9. The number of guanidine groups is 1. The second kappa shape index (κ2) is 10.9. The molecule has 0 radical (unpaired) electrons. The van der Waals surface area contributed by atoms with Gasteiger partial charge in [0.15, 0.2) is 11.7 Å². The Bertz CT molecular complexity index is 908. The second-order valence-electron chi connectivity index (χ2n) is 10.8. The third kappa shape index (κ3) is 5.47. The molecule has 1 amide bonds. The van der Waals surface area contributed by atoms with Crippen molar-refractivity contribution in [3.8, 4) is 5.75 Å². The summed E-state index contributed by atoms with van der Waals surface area (Å²) in [5.74, 6) is 2.64. The normalized spacial score (nSPS) is 28.1. The number of benzene rings is 1. The topological polar surface area (TPSA) is 85.0 Å². The number of likely N-dealkylation sites (N-methyl/N-ethyl adjacent to an activating group) is 1. The molecule has 1 aromatic carbocycles. The highest BCUT2D eigenvalue weighted by Crippen LogP contribution is 2.42. The Hall–Kier alpha value is -2.37. The summed E-state index contributed by atoms with van der Waals surface area (Å²) in [6, 6.07) is 7.48. The largest absolute Gasteiger partial charge is 0.496 e. The SMILES string of the molecule is COc1ccccc1C(=O)CC1CCC[C@H](C[C@@]2(CCC3CCCCC3)N=C(N)N(C)C2=O)C1. The molecule has 34 heavy (non-hydrogen) atoms. The summed E-state index contributed by atoms with van der Waals surface area (Å²) < 4.78 is 5.40. The first-order valence-electron chi connectivity index (χ1n) is 13.2. The third-order valence-corrected chi connectivity index (χ3v) is 8.47. The van der Waals surface area contributed by atoms with Crippen LogP contribution in [0, 0.1) is 17.8 Å². The van der Waals surface area contributed by atoms with Crippen molar-refractivity contribution in [3.05, 3.63) is 29.8 Å². The first-order chi connectivity index (χ1) is 16.4. The van der Waals surface area contributed by atoms with E-state index in [9.17, 15) is 9.59 Å². The van der Waals surface area contributed by atoms with Crippen LogP contribution in [0.25, 0.3) is 0 Å². The summed E-state index contributed by atoms with van der Waals surface area (Å²) in [4.78, 5) is 32.8. The van der Waals surface area contributed by atoms with Gasteiger partial charge in [-0.3, -0.25) is 14.5 Å². The molecule has 2 aliphatic carbocycles. The lowest BCUT2D eigenvalue weighted by molar-refractivity contribution is -0.131. The minimum Gasteiger partial charge on any atom is -0.496 e. The van der Waals surface area contributed by atoms with Gasteiger partial charge in [0.05, 0.1) is 12.7 Å². The zero-order valence-electron chi connectivity index (χ0n) is 20.9. The average molecular weight is 468 g/mol. The highest BCUT2D eigenvalue weighted by atomic mass is 16.5. The van der Waals surface area contributed by atoms with Crippen LogP contribution in [0.1, 0.15) is 93.8 Å². The highest BCUT2D eigenvalue weighted by Gasteiger charge is 2.48. The minimum absolute atomic E-state index is 0.0630. The van der Waals surface area contributed by atoms with Crippen molar-refractivity contribution in [1.29, 1.82) is 0 Å². The van der Waals surface area contributed by atoms with E-state index in [1.54, 1.807) is 19.1 Å². The Balaban J connectivity index is 1.42. The average Bonchev–Trinajstić information content (AvgIpc) is 3.07. The number of nitrogens with two attached hydrogens (primary N) is 1. The quantitative estimate of drug-likeness (QED) is 0.496. The van der Waals surface area contributed by atoms with Gasteiger partial charge in [-0.05, 0) is 62.0 Å². The van der Waals surface area contributed by atoms with Gasteiger partial charge in [0.25, 0.3) is 5.91 Å². The van der Waals surface area contributed by atoms with Crippen LogP contribution in [-0.4, -0.2) is 42.2 Å². The van der Waals surface area contributed by atoms with E-state index in [1.807, 2.05) is 24.3 Å². The van der Waals surface area contributed by atoms with Crippen molar-refractivity contribution in [2.24, 2.45) is 28.5 Å². The summed E-state index contributed by atoms with van der Waals surface area (Å²) in [5, 5.41) is 0. The molecule has 2 N–H and O–H groups in total. The molecule has 0 bridgehead atoms. The van der Waals surface area contributed by atoms with Crippen molar-refractivity contribution in [1.82, 2.24) is 4.90 Å². The summed E-state index contributed by atoms with van der Waals surface area (Å²) in [7, 11) is 3.36. The third-order valence-electron chi connectivity index (χ3n) is 8.47. The van der Waals surface area contributed by atoms with Crippen LogP contribution < -0.4 is 10.5 Å². The van der Waals surface area contributed by atoms with Gasteiger partial charge in [-0.1, -0.05) is 57.1 Å². The van der Waals surface area contributed by atoms with Gasteiger partial charge < -0.3 is 10.5 Å². The number of methoxy groups -OCH3 is 1. The predicted octanol–water partition coefficient (Wildman–Crippen LogP) is 5.35. The van der Waals surface area contributed by atoms with Crippen molar-refractivity contribution in [2.45, 2.75) is 89.0 Å². The van der Waals surface area contributed by atoms with Gasteiger partial charge in [0.2, 0.25) is 0 Å². The first kappa shape index (κ1) is 24.7. The molecule has 2 fully saturated rings. The van der Waals surface area contributed by atoms with Crippen molar-refractivity contribution in [2.75, 3.05) is 14.2 Å². The molecular formula is C28H41N3O3. The Kier molecular flexibility index (Phi) is 7.95. The minimum atomic E-state index is -0.713. The molecule has 3 aliphatic rings. The maximum absolute atomic E-state index is 13.4. The van der Waals surface area contributed by atoms with Crippen LogP contribution in [0.15, 0.2) is 29.3 Å². The lowest BCUT2D eigenvalue weighted by Crippen LogP contribution is -2.44. The van der Waals surface area contributed by atoms with Crippen LogP contribution in [0.2, 0.25) is 0 Å². The molecular weight excluding hydrogens is 426 g/mol. The van der Waals surface area contributed by atoms with Gasteiger partial charge >= 0.3 is 0 Å². The number of hydrogen-bond donors (Lipinski definition) is 1. The maximum atomic E-state index is 13.4. The Morgan fingerprint density at radius 1 is 1.09 bits per heavy atom. The van der Waals surface area contributed by atoms with E-state index in [0.29, 0.717) is 41.4 Å². The number of nitrogens with zero attached hydrogens (tertiary/aromatic N) is 2. The van der Waals surface area contributed by atoms with Crippen molar-refractivity contribution < 1.29 is 14.3 Å². The fourth-order valence-corrected chi connectivity index (χ4v) is 6.57. The number of Topliss-reactive ketones (excluding diaryl/α,β-unsaturated/α-hetero) is 1. The number of carbonyl (C=O) groups excluding carboxylic acids is 2. The van der Waals surface area contributed by atoms with Gasteiger partial charge in [-0.15, -0.1) is 0 Å². The predicted molar refractivity (Wildman–Crippen MR) is 135 cm³/mol. The highest BCUT2D eigenvalue weighted by molar-refractivity contribution is 6.06. The van der Waals surface area contributed by atoms with Gasteiger partial charge in [0.1, 0.15) is 11.3 Å². The van der Waals surface area contributed by atoms with E-state index in [2.05, 4.69) is 0 Å². The van der Waals surface area contributed by atoms with E-state index < -0.39 is 5.54 Å². The number of amides is 1. The number of ether oxygens (including phenoxy) is 1. The monoisotopic (exact) mass is 467 g/mol. The molecule has 2 saturated carbocycles. The smallest absolute Gasteiger partial charge is 0.257 e. The molecule has 186 valence electrons. The molecule has 0 spiro atoms. The Labute approximate surface area is 204 Å². The summed E-state index contributed by atoms with van der Waals surface area (Å²) in [6.45, 7) is 0. The number of para-hydroxylation sites is 1. The van der Waals surface area contributed by atoms with Gasteiger partial charge in [0, 0.05) is 13.5 Å². The summed E-state index contributed by atoms with van der Waals surface area (Å²) in [6.07, 6.45) is 13.9. The molecule has 4 rings (SSSR count). The van der Waals surface area contributed by atoms with Crippen LogP contribution in [0.3, 0.4) is 0 Å². The summed E-state index contributed by atoms with van der Waals surface area (Å²) in [5.41, 5.74) is 6.10. The number of ketones is 1. The molecule has 1 aromatic rings. The zero-order chi connectivity index (χ0) is 24.1. The fourth-order valence-electron chi connectivity index (χ4n) is 6.57. The van der Waals surface area contributed by atoms with E-state index in [4.69, 9.17) is 15.5 Å². The Morgan fingerprint density at radius 2 is 1.79 bits per heavy atom. The van der Waals surface area contributed by atoms with E-state index in [-0.39, 0.29) is 11.7 Å². The van der Waals surface area contributed by atoms with Crippen LogP contribution >= 0.6 is 0 Å². The van der Waals surface area contributed by atoms with Gasteiger partial charge in [-0.2, -0.15) is 0 Å². The molecule has 6 heteroatoms. The van der Waals surface area contributed by atoms with Crippen molar-refractivity contribution >= 4 is 17.6 Å². The molecule has 1 aliphatic heterocycles. The second-order valence-corrected chi connectivity index (χ2v) is 10.8. The van der Waals surface area contributed by atoms with Crippen LogP contribution in [-0.2, 0) is 4.79 Å². The lowest BCUT2D eigenvalue weighted by Gasteiger charge is -2.35. The number of rotatable bonds is 9. The van der Waals surface area contributed by atoms with Crippen molar-refractivity contribution in [3.63, 3.8) is 0 Å². The standard InChI is InChI=1S/C28H41N3O3/c1-31-26(33)28(30-27(31)29,16-15-20-9-4-3-5-10-20)19-22-12-8-11-21(17-22)18-24(32)23-13-6-7-14-25(23)34-2/h6-7,13-14,20-22H,3-5,8-12,15-19H2,1-2H3,(H2,29,30)/t21?,22-,28+/m0/s1. The Morgan fingerprint density at radius 3 is 2.50 bits per heavy atom. The summed E-state index contributed by atoms with van der Waals surface area (Å²) >= 11 is 0. The van der Waals surface area contributed by atoms with Crippen LogP contribution in [0.5, 0.6) is 5.75 Å². The fraction of sp³-hybridized carbons (Fsp3) is 0.679. The molecule has 1 heterocycles. The van der Waals surface area contributed by atoms with Gasteiger partial charge in [-0.25, -0.2) is 4.99 Å². The molecule has 6 nitrogen and oxygen atoms in total.